The normalized spacial score (nSPS) is 14.8. The molecule has 1 saturated heterocycles. The van der Waals surface area contributed by atoms with Gasteiger partial charge in [-0.25, -0.2) is 0 Å². The Labute approximate surface area is 203 Å². The van der Waals surface area contributed by atoms with Gasteiger partial charge >= 0.3 is 0 Å². The highest BCUT2D eigenvalue weighted by Crippen LogP contribution is 2.35. The fourth-order valence-electron chi connectivity index (χ4n) is 3.09. The van der Waals surface area contributed by atoms with E-state index >= 15 is 0 Å². The number of hydrogen-bond donors (Lipinski definition) is 0. The Morgan fingerprint density at radius 3 is 2.47 bits per heavy atom. The number of thioether (sulfide) groups is 1. The molecule has 0 atom stereocenters. The lowest BCUT2D eigenvalue weighted by Crippen LogP contribution is -2.27. The van der Waals surface area contributed by atoms with E-state index in [4.69, 9.17) is 9.47 Å². The number of ether oxygens (including phenoxy) is 2. The first-order valence-electron chi connectivity index (χ1n) is 9.73. The van der Waals surface area contributed by atoms with Crippen LogP contribution in [-0.4, -0.2) is 28.1 Å². The molecule has 4 rings (SSSR count). The molecule has 0 radical (unpaired) electrons. The molecule has 6 nitrogen and oxygen atoms in total. The fraction of sp³-hybridized carbons (Fsp3) is 0.125. The van der Waals surface area contributed by atoms with Gasteiger partial charge < -0.3 is 9.47 Å². The van der Waals surface area contributed by atoms with Gasteiger partial charge in [0.05, 0.1) is 18.6 Å². The van der Waals surface area contributed by atoms with Crippen LogP contribution in [0.1, 0.15) is 16.7 Å². The minimum Gasteiger partial charge on any atom is -0.493 e. The van der Waals surface area contributed by atoms with Crippen LogP contribution in [0, 0.1) is 3.57 Å². The van der Waals surface area contributed by atoms with Gasteiger partial charge in [-0.1, -0.05) is 18.2 Å². The van der Waals surface area contributed by atoms with Gasteiger partial charge in [-0.05, 0) is 93.5 Å². The second-order valence-corrected chi connectivity index (χ2v) is 9.19. The molecule has 1 aromatic heterocycles. The molecule has 162 valence electrons. The van der Waals surface area contributed by atoms with Crippen molar-refractivity contribution < 1.29 is 19.1 Å². The lowest BCUT2D eigenvalue weighted by molar-refractivity contribution is -0.123. The maximum atomic E-state index is 12.8. The Balaban J connectivity index is 1.48. The van der Waals surface area contributed by atoms with Crippen LogP contribution in [0.15, 0.2) is 71.9 Å². The average molecular weight is 558 g/mol. The molecule has 8 heteroatoms. The first-order valence-corrected chi connectivity index (χ1v) is 11.6. The summed E-state index contributed by atoms with van der Waals surface area (Å²) in [6, 6.07) is 16.9. The van der Waals surface area contributed by atoms with Crippen LogP contribution in [-0.2, 0) is 17.9 Å². The zero-order chi connectivity index (χ0) is 22.5. The van der Waals surface area contributed by atoms with Crippen molar-refractivity contribution in [2.75, 3.05) is 7.11 Å². The van der Waals surface area contributed by atoms with Gasteiger partial charge in [-0.3, -0.25) is 19.5 Å². The number of methoxy groups -OCH3 is 1. The van der Waals surface area contributed by atoms with Gasteiger partial charge in [0.2, 0.25) is 0 Å². The summed E-state index contributed by atoms with van der Waals surface area (Å²) < 4.78 is 12.4. The Hall–Kier alpha value is -2.85. The molecule has 1 fully saturated rings. The van der Waals surface area contributed by atoms with Crippen molar-refractivity contribution in [1.82, 2.24) is 9.88 Å². The van der Waals surface area contributed by atoms with Crippen molar-refractivity contribution in [2.45, 2.75) is 13.2 Å². The zero-order valence-electron chi connectivity index (χ0n) is 17.2. The van der Waals surface area contributed by atoms with Gasteiger partial charge in [-0.15, -0.1) is 0 Å². The predicted molar refractivity (Wildman–Crippen MR) is 132 cm³/mol. The number of hydrogen-bond acceptors (Lipinski definition) is 6. The van der Waals surface area contributed by atoms with Crippen molar-refractivity contribution in [3.8, 4) is 11.5 Å². The van der Waals surface area contributed by atoms with E-state index in [1.807, 2.05) is 42.5 Å². The highest BCUT2D eigenvalue weighted by atomic mass is 127. The molecule has 0 N–H and O–H groups in total. The van der Waals surface area contributed by atoms with Crippen LogP contribution in [0.5, 0.6) is 11.5 Å². The Kier molecular flexibility index (Phi) is 7.11. The summed E-state index contributed by atoms with van der Waals surface area (Å²) in [4.78, 5) is 30.9. The number of nitrogens with zero attached hydrogens (tertiary/aromatic N) is 2. The summed E-state index contributed by atoms with van der Waals surface area (Å²) in [7, 11) is 1.56. The third kappa shape index (κ3) is 5.31. The standard InChI is InChI=1S/C24H19IN2O4S/c1-30-21-12-18(4-7-20(21)31-15-17-8-10-26-11-9-17)13-22-23(28)27(24(29)32-22)14-16-2-5-19(25)6-3-16/h2-13H,14-15H2,1H3/b22-13-. The van der Waals surface area contributed by atoms with Gasteiger partial charge in [-0.2, -0.15) is 0 Å². The van der Waals surface area contributed by atoms with E-state index in [2.05, 4.69) is 27.6 Å². The summed E-state index contributed by atoms with van der Waals surface area (Å²) in [5.74, 6) is 0.842. The molecule has 1 aliphatic heterocycles. The maximum Gasteiger partial charge on any atom is 0.293 e. The lowest BCUT2D eigenvalue weighted by atomic mass is 10.1. The topological polar surface area (TPSA) is 68.7 Å². The van der Waals surface area contributed by atoms with Gasteiger partial charge in [0.1, 0.15) is 6.61 Å². The largest absolute Gasteiger partial charge is 0.493 e. The summed E-state index contributed by atoms with van der Waals surface area (Å²) in [5.41, 5.74) is 2.65. The van der Waals surface area contributed by atoms with Crippen molar-refractivity contribution >= 4 is 51.6 Å². The van der Waals surface area contributed by atoms with E-state index in [1.165, 1.54) is 4.90 Å². The van der Waals surface area contributed by atoms with Crippen LogP contribution in [0.2, 0.25) is 0 Å². The Bertz CT molecular complexity index is 1170. The number of benzene rings is 2. The zero-order valence-corrected chi connectivity index (χ0v) is 20.1. The first-order chi connectivity index (χ1) is 15.5. The van der Waals surface area contributed by atoms with Crippen LogP contribution in [0.25, 0.3) is 6.08 Å². The lowest BCUT2D eigenvalue weighted by Gasteiger charge is -2.12. The molecular formula is C24H19IN2O4S. The Morgan fingerprint density at radius 2 is 1.75 bits per heavy atom. The number of halogens is 1. The van der Waals surface area contributed by atoms with Crippen molar-refractivity contribution in [3.05, 3.63) is 92.2 Å². The summed E-state index contributed by atoms with van der Waals surface area (Å²) >= 11 is 3.16. The molecule has 32 heavy (non-hydrogen) atoms. The minimum absolute atomic E-state index is 0.254. The number of imide groups is 1. The number of aromatic nitrogens is 1. The number of amides is 2. The highest BCUT2D eigenvalue weighted by Gasteiger charge is 2.35. The molecule has 0 saturated carbocycles. The quantitative estimate of drug-likeness (QED) is 0.282. The molecule has 2 aromatic carbocycles. The van der Waals surface area contributed by atoms with E-state index in [9.17, 15) is 9.59 Å². The molecule has 0 bridgehead atoms. The van der Waals surface area contributed by atoms with Gasteiger partial charge in [0, 0.05) is 16.0 Å². The van der Waals surface area contributed by atoms with E-state index in [1.54, 1.807) is 37.7 Å². The fourth-order valence-corrected chi connectivity index (χ4v) is 4.29. The van der Waals surface area contributed by atoms with Crippen LogP contribution < -0.4 is 9.47 Å². The average Bonchev–Trinajstić information content (AvgIpc) is 3.07. The molecule has 2 heterocycles. The number of carbonyl (C=O) groups is 2. The van der Waals surface area contributed by atoms with Crippen molar-refractivity contribution in [2.24, 2.45) is 0 Å². The second-order valence-electron chi connectivity index (χ2n) is 6.95. The van der Waals surface area contributed by atoms with E-state index in [-0.39, 0.29) is 17.7 Å². The minimum atomic E-state index is -0.296. The van der Waals surface area contributed by atoms with Crippen molar-refractivity contribution in [3.63, 3.8) is 0 Å². The second kappa shape index (κ2) is 10.2. The monoisotopic (exact) mass is 558 g/mol. The number of pyridine rings is 1. The van der Waals surface area contributed by atoms with Crippen LogP contribution >= 0.6 is 34.4 Å². The van der Waals surface area contributed by atoms with E-state index in [0.717, 1.165) is 32.0 Å². The SMILES string of the molecule is COc1cc(/C=C2\SC(=O)N(Cc3ccc(I)cc3)C2=O)ccc1OCc1ccncc1. The van der Waals surface area contributed by atoms with E-state index < -0.39 is 0 Å². The molecule has 0 unspecified atom stereocenters. The van der Waals surface area contributed by atoms with Crippen LogP contribution in [0.3, 0.4) is 0 Å². The molecule has 1 aliphatic rings. The maximum absolute atomic E-state index is 12.8. The van der Waals surface area contributed by atoms with E-state index in [0.29, 0.717) is 23.0 Å². The Morgan fingerprint density at radius 1 is 1.00 bits per heavy atom. The molecule has 3 aromatic rings. The third-order valence-electron chi connectivity index (χ3n) is 4.76. The third-order valence-corrected chi connectivity index (χ3v) is 6.38. The van der Waals surface area contributed by atoms with Crippen molar-refractivity contribution in [1.29, 1.82) is 0 Å². The highest BCUT2D eigenvalue weighted by molar-refractivity contribution is 14.1. The summed E-state index contributed by atoms with van der Waals surface area (Å²) in [6.45, 7) is 0.639. The number of rotatable bonds is 7. The molecule has 0 spiro atoms. The molecular weight excluding hydrogens is 539 g/mol. The molecule has 2 amide bonds. The van der Waals surface area contributed by atoms with Gasteiger partial charge in [0.15, 0.2) is 11.5 Å². The first kappa shape index (κ1) is 22.3. The predicted octanol–water partition coefficient (Wildman–Crippen LogP) is 5.51. The smallest absolute Gasteiger partial charge is 0.293 e. The number of carbonyl (C=O) groups excluding carboxylic acids is 2. The summed E-state index contributed by atoms with van der Waals surface area (Å²) in [6.07, 6.45) is 5.13. The summed E-state index contributed by atoms with van der Waals surface area (Å²) in [5, 5.41) is -0.274. The van der Waals surface area contributed by atoms with Gasteiger partial charge in [0.25, 0.3) is 11.1 Å². The van der Waals surface area contributed by atoms with Crippen LogP contribution in [0.4, 0.5) is 4.79 Å². The molecule has 0 aliphatic carbocycles.